The van der Waals surface area contributed by atoms with Crippen LogP contribution in [0.25, 0.3) is 0 Å². The van der Waals surface area contributed by atoms with Crippen molar-refractivity contribution in [3.8, 4) is 0 Å². The van der Waals surface area contributed by atoms with Gasteiger partial charge in [-0.3, -0.25) is 0 Å². The van der Waals surface area contributed by atoms with Crippen molar-refractivity contribution in [1.82, 2.24) is 10.6 Å². The fourth-order valence-electron chi connectivity index (χ4n) is 4.15. The summed E-state index contributed by atoms with van der Waals surface area (Å²) >= 11 is 9.02. The third-order valence-corrected chi connectivity index (χ3v) is 6.84. The first-order valence-electron chi connectivity index (χ1n) is 15.9. The van der Waals surface area contributed by atoms with Crippen LogP contribution in [-0.2, 0) is 0 Å². The van der Waals surface area contributed by atoms with Crippen LogP contribution in [0, 0.1) is 6.92 Å². The number of aryl methyl sites for hydroxylation is 1. The molecule has 0 spiro atoms. The zero-order valence-corrected chi connectivity index (χ0v) is 27.3. The van der Waals surface area contributed by atoms with Crippen molar-refractivity contribution in [2.24, 2.45) is 0 Å². The van der Waals surface area contributed by atoms with E-state index >= 15 is 0 Å². The van der Waals surface area contributed by atoms with Crippen LogP contribution in [0.5, 0.6) is 0 Å². The molecule has 0 aliphatic carbocycles. The summed E-state index contributed by atoms with van der Waals surface area (Å²) < 4.78 is 0. The molecule has 0 heterocycles. The van der Waals surface area contributed by atoms with Crippen LogP contribution in [0.1, 0.15) is 148 Å². The molecule has 0 unspecified atom stereocenters. The molecule has 228 valence electrons. The van der Waals surface area contributed by atoms with Crippen LogP contribution in [-0.4, -0.2) is 33.7 Å². The van der Waals surface area contributed by atoms with E-state index in [1.54, 1.807) is 0 Å². The first-order valence-corrected chi connectivity index (χ1v) is 16.7. The molecule has 6 heteroatoms. The van der Waals surface area contributed by atoms with Gasteiger partial charge in [-0.05, 0) is 44.2 Å². The molecular weight excluding hydrogens is 521 g/mol. The summed E-state index contributed by atoms with van der Waals surface area (Å²) in [7, 11) is 0. The van der Waals surface area contributed by atoms with Crippen LogP contribution in [0.3, 0.4) is 0 Å². The van der Waals surface area contributed by atoms with E-state index in [1.165, 1.54) is 121 Å². The van der Waals surface area contributed by atoms with Crippen molar-refractivity contribution in [3.63, 3.8) is 0 Å². The number of nitrogens with one attached hydrogen (secondary N) is 2. The maximum absolute atomic E-state index is 8.72. The van der Waals surface area contributed by atoms with Gasteiger partial charge in [0.15, 0.2) is 0 Å². The monoisotopic (exact) mass is 582 g/mol. The van der Waals surface area contributed by atoms with Gasteiger partial charge in [-0.1, -0.05) is 165 Å². The van der Waals surface area contributed by atoms with Crippen molar-refractivity contribution in [2.45, 2.75) is 149 Å². The maximum atomic E-state index is 8.72. The average Bonchev–Trinajstić information content (AvgIpc) is 2.91. The molecule has 1 aromatic carbocycles. The summed E-state index contributed by atoms with van der Waals surface area (Å²) in [6.45, 7) is 8.22. The molecule has 0 saturated heterocycles. The third-order valence-electron chi connectivity index (χ3n) is 6.55. The highest BCUT2D eigenvalue weighted by atomic mass is 32.1. The smallest absolute Gasteiger partial charge is 0.254 e. The number of aliphatic hydroxyl groups excluding tert-OH is 2. The number of hydrogen-bond donors (Lipinski definition) is 4. The van der Waals surface area contributed by atoms with Crippen molar-refractivity contribution >= 4 is 34.8 Å². The number of hydrogen-bond acceptors (Lipinski definition) is 2. The highest BCUT2D eigenvalue weighted by molar-refractivity contribution is 7.80. The molecule has 0 atom stereocenters. The molecule has 0 aromatic heterocycles. The zero-order chi connectivity index (χ0) is 29.2. The summed E-state index contributed by atoms with van der Waals surface area (Å²) in [5.74, 6) is 0. The van der Waals surface area contributed by atoms with Crippen LogP contribution < -0.4 is 10.6 Å². The van der Waals surface area contributed by atoms with Crippen molar-refractivity contribution in [3.05, 3.63) is 35.9 Å². The lowest BCUT2D eigenvalue weighted by Crippen LogP contribution is -2.21. The molecule has 0 saturated carbocycles. The molecule has 0 aliphatic heterocycles. The average molecular weight is 583 g/mol. The molecule has 39 heavy (non-hydrogen) atoms. The van der Waals surface area contributed by atoms with Gasteiger partial charge in [0.2, 0.25) is 0 Å². The van der Waals surface area contributed by atoms with Gasteiger partial charge >= 0.3 is 0 Å². The fourth-order valence-corrected chi connectivity index (χ4v) is 4.35. The first-order chi connectivity index (χ1) is 18.9. The molecule has 4 nitrogen and oxygen atoms in total. The second kappa shape index (κ2) is 34.6. The molecule has 1 aromatic rings. The van der Waals surface area contributed by atoms with Crippen molar-refractivity contribution in [2.75, 3.05) is 13.1 Å². The minimum absolute atomic E-state index is 0.0732. The summed E-state index contributed by atoms with van der Waals surface area (Å²) in [5.41, 5.74) is 1.32. The summed E-state index contributed by atoms with van der Waals surface area (Å²) in [4.78, 5) is 0. The van der Waals surface area contributed by atoms with Gasteiger partial charge in [0, 0.05) is 13.1 Å². The Balaban J connectivity index is 0. The second-order valence-corrected chi connectivity index (χ2v) is 11.3. The molecule has 0 radical (unpaired) electrons. The predicted octanol–water partition coefficient (Wildman–Crippen LogP) is 10.7. The Morgan fingerprint density at radius 1 is 0.513 bits per heavy atom. The topological polar surface area (TPSA) is 64.5 Å². The first kappa shape index (κ1) is 39.7. The van der Waals surface area contributed by atoms with Gasteiger partial charge in [-0.2, -0.15) is 0 Å². The summed E-state index contributed by atoms with van der Waals surface area (Å²) in [6.07, 6.45) is 26.7. The number of benzene rings is 1. The van der Waals surface area contributed by atoms with Gasteiger partial charge in [0.25, 0.3) is 10.3 Å². The van der Waals surface area contributed by atoms with Gasteiger partial charge in [-0.15, -0.1) is 0 Å². The van der Waals surface area contributed by atoms with Gasteiger partial charge in [0.05, 0.1) is 0 Å². The van der Waals surface area contributed by atoms with E-state index in [9.17, 15) is 0 Å². The van der Waals surface area contributed by atoms with E-state index in [4.69, 9.17) is 10.2 Å². The zero-order valence-electron chi connectivity index (χ0n) is 25.7. The highest BCUT2D eigenvalue weighted by Gasteiger charge is 1.94. The molecular formula is C33H62N2O2S2. The molecule has 1 rings (SSSR count). The van der Waals surface area contributed by atoms with E-state index < -0.39 is 0 Å². The lowest BCUT2D eigenvalue weighted by atomic mass is 10.1. The molecule has 0 fully saturated rings. The quantitative estimate of drug-likeness (QED) is 0.0805. The van der Waals surface area contributed by atoms with Crippen molar-refractivity contribution < 1.29 is 10.2 Å². The molecule has 4 N–H and O–H groups in total. The Labute approximate surface area is 253 Å². The Kier molecular flexibility index (Phi) is 35.3. The highest BCUT2D eigenvalue weighted by Crippen LogP contribution is 2.11. The van der Waals surface area contributed by atoms with Gasteiger partial charge in [0.1, 0.15) is 0 Å². The number of rotatable bonds is 22. The maximum Gasteiger partial charge on any atom is 0.254 e. The number of thiocarbonyl (C=S) groups is 2. The lowest BCUT2D eigenvalue weighted by molar-refractivity contribution is 0.517. The van der Waals surface area contributed by atoms with Crippen molar-refractivity contribution in [1.29, 1.82) is 0 Å². The fraction of sp³-hybridized carbons (Fsp3) is 0.758. The van der Waals surface area contributed by atoms with Crippen LogP contribution in [0.2, 0.25) is 0 Å². The van der Waals surface area contributed by atoms with E-state index in [0.717, 1.165) is 25.9 Å². The minimum Gasteiger partial charge on any atom is -0.487 e. The Hall–Kier alpha value is -1.40. The Morgan fingerprint density at radius 2 is 0.795 bits per heavy atom. The summed E-state index contributed by atoms with van der Waals surface area (Å²) in [5, 5.41) is 22.8. The van der Waals surface area contributed by atoms with Crippen LogP contribution >= 0.6 is 24.4 Å². The molecule has 0 aliphatic rings. The molecule has 0 amide bonds. The Morgan fingerprint density at radius 3 is 1.03 bits per heavy atom. The van der Waals surface area contributed by atoms with E-state index in [2.05, 4.69) is 68.0 Å². The second-order valence-electron chi connectivity index (χ2n) is 10.5. The Bertz CT molecular complexity index is 593. The number of aliphatic hydroxyl groups is 2. The van der Waals surface area contributed by atoms with Crippen LogP contribution in [0.15, 0.2) is 30.3 Å². The standard InChI is InChI=1S/2C13H27NOS.C7H8/c2*1-2-3-4-5-6-7-8-9-10-11-12-14-13(15)16;1-7-5-3-2-4-6-7/h2*2-12H2,1H3,(H2,14,15,16);2-6H,1H3. The normalized spacial score (nSPS) is 10.0. The number of unbranched alkanes of at least 4 members (excludes halogenated alkanes) is 18. The largest absolute Gasteiger partial charge is 0.487 e. The summed E-state index contributed by atoms with van der Waals surface area (Å²) in [6, 6.07) is 10.3. The van der Waals surface area contributed by atoms with E-state index in [-0.39, 0.29) is 10.3 Å². The van der Waals surface area contributed by atoms with E-state index in [1.807, 2.05) is 18.2 Å². The van der Waals surface area contributed by atoms with Gasteiger partial charge < -0.3 is 20.8 Å². The van der Waals surface area contributed by atoms with Crippen LogP contribution in [0.4, 0.5) is 0 Å². The third kappa shape index (κ3) is 41.2. The lowest BCUT2D eigenvalue weighted by Gasteiger charge is -2.03. The minimum atomic E-state index is -0.0732. The van der Waals surface area contributed by atoms with Gasteiger partial charge in [-0.25, -0.2) is 0 Å². The SMILES string of the molecule is CCCCCCCCCCCCNC(O)=S.CCCCCCCCCCCCNC(O)=S.Cc1ccccc1. The van der Waals surface area contributed by atoms with E-state index in [0.29, 0.717) is 0 Å². The molecule has 0 bridgehead atoms. The predicted molar refractivity (Wildman–Crippen MR) is 181 cm³/mol.